The number of esters is 1. The summed E-state index contributed by atoms with van der Waals surface area (Å²) in [4.78, 5) is 35.3. The summed E-state index contributed by atoms with van der Waals surface area (Å²) in [6.45, 7) is 6.65. The molecule has 0 bridgehead atoms. The second-order valence-corrected chi connectivity index (χ2v) is 7.27. The fourth-order valence-corrected chi connectivity index (χ4v) is 2.17. The molecule has 9 heteroatoms. The van der Waals surface area contributed by atoms with Crippen molar-refractivity contribution in [1.29, 1.82) is 0 Å². The maximum atomic E-state index is 12.1. The normalized spacial score (nSPS) is 12.1. The van der Waals surface area contributed by atoms with Crippen LogP contribution in [0.2, 0.25) is 10.0 Å². The lowest BCUT2D eigenvalue weighted by molar-refractivity contribution is -0.153. The molecule has 1 aromatic rings. The highest BCUT2D eigenvalue weighted by atomic mass is 35.5. The number of nitrogens with one attached hydrogen (secondary N) is 2. The third kappa shape index (κ3) is 8.40. The Labute approximate surface area is 162 Å². The fourth-order valence-electron chi connectivity index (χ4n) is 1.72. The maximum absolute atomic E-state index is 12.1. The van der Waals surface area contributed by atoms with Crippen molar-refractivity contribution in [2.75, 3.05) is 11.9 Å². The minimum Gasteiger partial charge on any atom is -0.452 e. The van der Waals surface area contributed by atoms with Crippen molar-refractivity contribution < 1.29 is 23.9 Å². The summed E-state index contributed by atoms with van der Waals surface area (Å²) in [6, 6.07) is 4.60. The van der Waals surface area contributed by atoms with Gasteiger partial charge in [0.25, 0.3) is 5.91 Å². The van der Waals surface area contributed by atoms with E-state index in [0.717, 1.165) is 0 Å². The van der Waals surface area contributed by atoms with Gasteiger partial charge in [0, 0.05) is 11.6 Å². The van der Waals surface area contributed by atoms with Crippen LogP contribution >= 0.6 is 23.2 Å². The Hall–Kier alpha value is -1.99. The lowest BCUT2D eigenvalue weighted by Crippen LogP contribution is -2.35. The number of carbonyl (C=O) groups excluding carboxylic acids is 3. The molecule has 0 aliphatic carbocycles. The first-order valence-electron chi connectivity index (χ1n) is 7.90. The monoisotopic (exact) mass is 404 g/mol. The first-order valence-corrected chi connectivity index (χ1v) is 8.66. The van der Waals surface area contributed by atoms with Crippen LogP contribution < -0.4 is 10.6 Å². The smallest absolute Gasteiger partial charge is 0.407 e. The molecule has 1 atom stereocenters. The van der Waals surface area contributed by atoms with E-state index in [1.165, 1.54) is 13.0 Å². The van der Waals surface area contributed by atoms with Crippen LogP contribution in [0.4, 0.5) is 10.5 Å². The minimum atomic E-state index is -1.03. The first kappa shape index (κ1) is 22.1. The van der Waals surface area contributed by atoms with Crippen LogP contribution in [-0.4, -0.2) is 36.2 Å². The van der Waals surface area contributed by atoms with E-state index in [1.807, 2.05) is 0 Å². The van der Waals surface area contributed by atoms with Crippen LogP contribution in [-0.2, 0) is 19.1 Å². The molecule has 0 aromatic heterocycles. The molecule has 0 aliphatic heterocycles. The Bertz CT molecular complexity index is 674. The zero-order valence-corrected chi connectivity index (χ0v) is 16.5. The van der Waals surface area contributed by atoms with E-state index < -0.39 is 29.7 Å². The molecule has 1 rings (SSSR count). The van der Waals surface area contributed by atoms with E-state index in [-0.39, 0.29) is 18.0 Å². The Morgan fingerprint density at radius 1 is 1.19 bits per heavy atom. The van der Waals surface area contributed by atoms with Gasteiger partial charge in [-0.1, -0.05) is 23.2 Å². The number of hydrogen-bond donors (Lipinski definition) is 2. The van der Waals surface area contributed by atoms with Gasteiger partial charge in [0.1, 0.15) is 5.60 Å². The van der Waals surface area contributed by atoms with Gasteiger partial charge in [0.2, 0.25) is 0 Å². The fraction of sp³-hybridized carbons (Fsp3) is 0.471. The van der Waals surface area contributed by atoms with Crippen molar-refractivity contribution in [1.82, 2.24) is 5.32 Å². The van der Waals surface area contributed by atoms with Gasteiger partial charge in [-0.15, -0.1) is 0 Å². The van der Waals surface area contributed by atoms with Gasteiger partial charge in [0.05, 0.1) is 17.1 Å². The maximum Gasteiger partial charge on any atom is 0.407 e. The third-order valence-corrected chi connectivity index (χ3v) is 3.41. The van der Waals surface area contributed by atoms with Gasteiger partial charge in [-0.3, -0.25) is 9.59 Å². The van der Waals surface area contributed by atoms with Crippen LogP contribution in [0, 0.1) is 0 Å². The van der Waals surface area contributed by atoms with Crippen LogP contribution in [0.25, 0.3) is 0 Å². The molecule has 144 valence electrons. The highest BCUT2D eigenvalue weighted by molar-refractivity contribution is 6.36. The molecule has 0 unspecified atom stereocenters. The molecule has 1 aromatic carbocycles. The number of ether oxygens (including phenoxy) is 2. The van der Waals surface area contributed by atoms with E-state index in [1.54, 1.807) is 32.9 Å². The van der Waals surface area contributed by atoms with Crippen molar-refractivity contribution >= 4 is 46.9 Å². The van der Waals surface area contributed by atoms with Crippen molar-refractivity contribution in [2.24, 2.45) is 0 Å². The number of alkyl carbamates (subject to hydrolysis) is 1. The van der Waals surface area contributed by atoms with Gasteiger partial charge in [-0.05, 0) is 45.9 Å². The number of benzene rings is 1. The van der Waals surface area contributed by atoms with Gasteiger partial charge < -0.3 is 20.1 Å². The predicted octanol–water partition coefficient (Wildman–Crippen LogP) is 3.78. The second-order valence-electron chi connectivity index (χ2n) is 6.42. The number of halogens is 2. The standard InChI is InChI=1S/C17H22Cl2N2O5/c1-10(15(23)21-13-6-5-11(18)9-12(13)19)25-14(22)7-8-20-16(24)26-17(2,3)4/h5-6,9-10H,7-8H2,1-4H3,(H,20,24)(H,21,23)/t10-/m1/s1. The number of hydrogen-bond acceptors (Lipinski definition) is 5. The molecule has 26 heavy (non-hydrogen) atoms. The van der Waals surface area contributed by atoms with E-state index in [0.29, 0.717) is 10.7 Å². The molecule has 7 nitrogen and oxygen atoms in total. The molecular formula is C17H22Cl2N2O5. The largest absolute Gasteiger partial charge is 0.452 e. The van der Waals surface area contributed by atoms with Gasteiger partial charge in [-0.2, -0.15) is 0 Å². The summed E-state index contributed by atoms with van der Waals surface area (Å²) in [6.07, 6.45) is -1.76. The molecular weight excluding hydrogens is 383 g/mol. The molecule has 0 fully saturated rings. The average Bonchev–Trinajstić information content (AvgIpc) is 2.48. The molecule has 0 aliphatic rings. The number of carbonyl (C=O) groups is 3. The van der Waals surface area contributed by atoms with Crippen LogP contribution in [0.15, 0.2) is 18.2 Å². The third-order valence-electron chi connectivity index (χ3n) is 2.86. The minimum absolute atomic E-state index is 0.0328. The van der Waals surface area contributed by atoms with Crippen molar-refractivity contribution in [3.63, 3.8) is 0 Å². The van der Waals surface area contributed by atoms with E-state index in [9.17, 15) is 14.4 Å². The van der Waals surface area contributed by atoms with E-state index >= 15 is 0 Å². The number of amides is 2. The molecule has 2 amide bonds. The Morgan fingerprint density at radius 2 is 1.85 bits per heavy atom. The van der Waals surface area contributed by atoms with Crippen LogP contribution in [0.1, 0.15) is 34.1 Å². The zero-order chi connectivity index (χ0) is 19.9. The molecule has 0 radical (unpaired) electrons. The topological polar surface area (TPSA) is 93.7 Å². The van der Waals surface area contributed by atoms with Crippen molar-refractivity contribution in [3.05, 3.63) is 28.2 Å². The average molecular weight is 405 g/mol. The number of rotatable bonds is 6. The van der Waals surface area contributed by atoms with Gasteiger partial charge in [0.15, 0.2) is 6.10 Å². The highest BCUT2D eigenvalue weighted by Gasteiger charge is 2.20. The van der Waals surface area contributed by atoms with Crippen LogP contribution in [0.5, 0.6) is 0 Å². The molecule has 0 spiro atoms. The Balaban J connectivity index is 2.39. The summed E-state index contributed by atoms with van der Waals surface area (Å²) >= 11 is 11.8. The van der Waals surface area contributed by atoms with Crippen molar-refractivity contribution in [2.45, 2.75) is 45.8 Å². The number of anilines is 1. The van der Waals surface area contributed by atoms with Gasteiger partial charge in [-0.25, -0.2) is 4.79 Å². The Kier molecular flexibility index (Phi) is 8.17. The lowest BCUT2D eigenvalue weighted by Gasteiger charge is -2.19. The molecule has 0 saturated heterocycles. The second kappa shape index (κ2) is 9.64. The van der Waals surface area contributed by atoms with Crippen LogP contribution in [0.3, 0.4) is 0 Å². The summed E-state index contributed by atoms with van der Waals surface area (Å²) < 4.78 is 10.1. The zero-order valence-electron chi connectivity index (χ0n) is 15.0. The summed E-state index contributed by atoms with van der Waals surface area (Å²) in [5.41, 5.74) is -0.268. The summed E-state index contributed by atoms with van der Waals surface area (Å²) in [5.74, 6) is -1.17. The summed E-state index contributed by atoms with van der Waals surface area (Å²) in [5, 5.41) is 5.68. The van der Waals surface area contributed by atoms with Gasteiger partial charge >= 0.3 is 12.1 Å². The lowest BCUT2D eigenvalue weighted by atomic mass is 10.2. The van der Waals surface area contributed by atoms with E-state index in [4.69, 9.17) is 32.7 Å². The Morgan fingerprint density at radius 3 is 2.42 bits per heavy atom. The van der Waals surface area contributed by atoms with Crippen molar-refractivity contribution in [3.8, 4) is 0 Å². The molecule has 0 saturated carbocycles. The quantitative estimate of drug-likeness (QED) is 0.703. The highest BCUT2D eigenvalue weighted by Crippen LogP contribution is 2.25. The predicted molar refractivity (Wildman–Crippen MR) is 99.5 cm³/mol. The SMILES string of the molecule is C[C@@H](OC(=O)CCNC(=O)OC(C)(C)C)C(=O)Nc1ccc(Cl)cc1Cl. The van der Waals surface area contributed by atoms with E-state index in [2.05, 4.69) is 10.6 Å². The first-order chi connectivity index (χ1) is 12.0. The summed E-state index contributed by atoms with van der Waals surface area (Å²) in [7, 11) is 0. The molecule has 0 heterocycles. The molecule has 2 N–H and O–H groups in total.